The van der Waals surface area contributed by atoms with Gasteiger partial charge in [-0.05, 0) is 54.5 Å². The summed E-state index contributed by atoms with van der Waals surface area (Å²) in [4.78, 5) is 37.2. The third-order valence-electron chi connectivity index (χ3n) is 4.46. The maximum Gasteiger partial charge on any atom is 0.327 e. The quantitative estimate of drug-likeness (QED) is 0.278. The second kappa shape index (κ2) is 14.9. The van der Waals surface area contributed by atoms with Crippen LogP contribution in [0.25, 0.3) is 0 Å². The summed E-state index contributed by atoms with van der Waals surface area (Å²) < 4.78 is 7.48. The lowest BCUT2D eigenvalue weighted by Crippen LogP contribution is -2.37. The molecule has 0 aromatic heterocycles. The van der Waals surface area contributed by atoms with Gasteiger partial charge in [0.2, 0.25) is 0 Å². The van der Waals surface area contributed by atoms with Crippen LogP contribution in [0.3, 0.4) is 0 Å². The summed E-state index contributed by atoms with van der Waals surface area (Å²) in [6.45, 7) is 11.4. The van der Waals surface area contributed by atoms with Crippen LogP contribution in [0.5, 0.6) is 0 Å². The van der Waals surface area contributed by atoms with E-state index in [4.69, 9.17) is 4.74 Å². The number of amides is 3. The number of hydrogen-bond donors (Lipinski definition) is 2. The maximum atomic E-state index is 12.3. The van der Waals surface area contributed by atoms with E-state index in [1.165, 1.54) is 29.7 Å². The molecule has 0 saturated heterocycles. The van der Waals surface area contributed by atoms with Gasteiger partial charge in [0, 0.05) is 50.2 Å². The van der Waals surface area contributed by atoms with E-state index in [0.717, 1.165) is 17.8 Å². The zero-order chi connectivity index (χ0) is 24.8. The van der Waals surface area contributed by atoms with Gasteiger partial charge in [-0.15, -0.1) is 0 Å². The van der Waals surface area contributed by atoms with Crippen LogP contribution in [0.1, 0.15) is 64.2 Å². The number of nitrogens with one attached hydrogen (secondary N) is 2. The molecular weight excluding hydrogens is 426 g/mol. The van der Waals surface area contributed by atoms with Gasteiger partial charge in [0.05, 0.1) is 0 Å². The van der Waals surface area contributed by atoms with E-state index in [1.54, 1.807) is 45.5 Å². The van der Waals surface area contributed by atoms with Crippen LogP contribution in [-0.2, 0) is 9.53 Å². The van der Waals surface area contributed by atoms with Crippen molar-refractivity contribution in [3.8, 4) is 0 Å². The topological polar surface area (TPSA) is 87.7 Å². The zero-order valence-electron chi connectivity index (χ0n) is 20.9. The van der Waals surface area contributed by atoms with E-state index >= 15 is 0 Å². The minimum absolute atomic E-state index is 0.157. The number of carbonyl (C=O) groups is 3. The molecule has 0 atom stereocenters. The number of ether oxygens (including phenoxy) is 1. The Bertz CT molecular complexity index is 700. The Morgan fingerprint density at radius 3 is 2.16 bits per heavy atom. The molecule has 1 rings (SSSR count). The van der Waals surface area contributed by atoms with Crippen LogP contribution in [0.4, 0.5) is 4.79 Å². The lowest BCUT2D eigenvalue weighted by molar-refractivity contribution is -0.116. The predicted octanol–water partition coefficient (Wildman–Crippen LogP) is 4.77. The van der Waals surface area contributed by atoms with Gasteiger partial charge in [0.15, 0.2) is 0 Å². The molecule has 0 spiro atoms. The third-order valence-corrected chi connectivity index (χ3v) is 5.25. The lowest BCUT2D eigenvalue weighted by Gasteiger charge is -2.31. The second-order valence-electron chi connectivity index (χ2n) is 9.40. The maximum absolute atomic E-state index is 12.3. The van der Waals surface area contributed by atoms with Crippen molar-refractivity contribution in [1.29, 1.82) is 0 Å². The number of carbonyl (C=O) groups excluding carboxylic acids is 3. The molecule has 0 saturated carbocycles. The fourth-order valence-corrected chi connectivity index (χ4v) is 3.58. The first kappa shape index (κ1) is 29.9. The van der Waals surface area contributed by atoms with Crippen molar-refractivity contribution in [1.82, 2.24) is 14.9 Å². The first-order valence-corrected chi connectivity index (χ1v) is 11.7. The van der Waals surface area contributed by atoms with Gasteiger partial charge in [0.25, 0.3) is 5.91 Å². The first-order valence-electron chi connectivity index (χ1n) is 10.8. The van der Waals surface area contributed by atoms with Crippen molar-refractivity contribution in [2.75, 3.05) is 34.4 Å². The van der Waals surface area contributed by atoms with Gasteiger partial charge in [0.1, 0.15) is 6.29 Å². The Hall–Kier alpha value is -2.06. The average Bonchev–Trinajstić information content (AvgIpc) is 2.74. The molecule has 32 heavy (non-hydrogen) atoms. The van der Waals surface area contributed by atoms with Gasteiger partial charge in [-0.1, -0.05) is 41.0 Å². The normalized spacial score (nSPS) is 11.1. The minimum atomic E-state index is -0.413. The number of nitrogens with zero attached hydrogens (tertiary/aromatic N) is 1. The van der Waals surface area contributed by atoms with Gasteiger partial charge in [-0.2, -0.15) is 0 Å². The van der Waals surface area contributed by atoms with E-state index in [0.29, 0.717) is 18.5 Å². The highest BCUT2D eigenvalue weighted by Gasteiger charge is 2.29. The van der Waals surface area contributed by atoms with Crippen molar-refractivity contribution in [3.05, 3.63) is 29.8 Å². The van der Waals surface area contributed by atoms with Crippen molar-refractivity contribution >= 4 is 30.2 Å². The molecule has 2 N–H and O–H groups in total. The summed E-state index contributed by atoms with van der Waals surface area (Å²) in [5, 5.41) is 2.93. The van der Waals surface area contributed by atoms with Gasteiger partial charge < -0.3 is 19.7 Å². The van der Waals surface area contributed by atoms with Crippen LogP contribution in [-0.4, -0.2) is 57.5 Å². The molecule has 7 nitrogen and oxygen atoms in total. The zero-order valence-corrected chi connectivity index (χ0v) is 21.7. The molecule has 1 aromatic carbocycles. The number of methoxy groups -OCH3 is 1. The van der Waals surface area contributed by atoms with Crippen molar-refractivity contribution < 1.29 is 19.1 Å². The molecule has 0 aliphatic heterocycles. The van der Waals surface area contributed by atoms with Crippen molar-refractivity contribution in [3.63, 3.8) is 0 Å². The summed E-state index contributed by atoms with van der Waals surface area (Å²) >= 11 is 1.20. The fraction of sp³-hybridized carbons (Fsp3) is 0.625. The lowest BCUT2D eigenvalue weighted by atomic mass is 9.76. The molecule has 1 aromatic rings. The highest BCUT2D eigenvalue weighted by Crippen LogP contribution is 2.31. The van der Waals surface area contributed by atoms with Crippen molar-refractivity contribution in [2.24, 2.45) is 10.8 Å². The van der Waals surface area contributed by atoms with Crippen LogP contribution in [0.15, 0.2) is 29.2 Å². The molecule has 8 heteroatoms. The van der Waals surface area contributed by atoms with Crippen LogP contribution in [0, 0.1) is 10.8 Å². The Balaban J connectivity index is 0.00000140. The number of unbranched alkanes of at least 4 members (excludes halogenated alkanes) is 1. The molecule has 0 bridgehead atoms. The predicted molar refractivity (Wildman–Crippen MR) is 132 cm³/mol. The summed E-state index contributed by atoms with van der Waals surface area (Å²) in [6, 6.07) is 6.83. The number of benzene rings is 1. The number of urea groups is 1. The molecular formula is C24H41N3O4S. The van der Waals surface area contributed by atoms with E-state index in [1.807, 2.05) is 27.7 Å². The largest absolute Gasteiger partial charge is 0.385 e. The fourth-order valence-electron chi connectivity index (χ4n) is 2.92. The molecule has 0 aliphatic carbocycles. The van der Waals surface area contributed by atoms with E-state index in [-0.39, 0.29) is 17.4 Å². The summed E-state index contributed by atoms with van der Waals surface area (Å²) in [5.74, 6) is -0.157. The summed E-state index contributed by atoms with van der Waals surface area (Å²) in [6.07, 6.45) is 4.07. The molecule has 0 aliphatic rings. The van der Waals surface area contributed by atoms with Crippen molar-refractivity contribution in [2.45, 2.75) is 58.8 Å². The van der Waals surface area contributed by atoms with E-state index in [2.05, 4.69) is 17.0 Å². The monoisotopic (exact) mass is 467 g/mol. The van der Waals surface area contributed by atoms with Gasteiger partial charge in [-0.25, -0.2) is 4.79 Å². The first-order chi connectivity index (χ1) is 14.9. The average molecular weight is 468 g/mol. The van der Waals surface area contributed by atoms with E-state index in [9.17, 15) is 14.4 Å². The highest BCUT2D eigenvalue weighted by atomic mass is 32.2. The SMILES string of the molecule is CCCCOC.CN(C)C(=O)NSc1ccc(C(=O)NCC(C)(C)CC(C)(C)C=O)cc1. The molecule has 0 fully saturated rings. The van der Waals surface area contributed by atoms with E-state index < -0.39 is 5.41 Å². The van der Waals surface area contributed by atoms with Gasteiger partial charge >= 0.3 is 6.03 Å². The van der Waals surface area contributed by atoms with Crippen LogP contribution < -0.4 is 10.0 Å². The number of aldehydes is 1. The summed E-state index contributed by atoms with van der Waals surface area (Å²) in [5.41, 5.74) is -0.0464. The van der Waals surface area contributed by atoms with Crippen LogP contribution >= 0.6 is 11.9 Å². The van der Waals surface area contributed by atoms with Crippen LogP contribution in [0.2, 0.25) is 0 Å². The highest BCUT2D eigenvalue weighted by molar-refractivity contribution is 7.98. The molecule has 0 heterocycles. The van der Waals surface area contributed by atoms with Gasteiger partial charge in [-0.3, -0.25) is 9.52 Å². The second-order valence-corrected chi connectivity index (χ2v) is 10.3. The number of rotatable bonds is 11. The molecule has 3 amide bonds. The minimum Gasteiger partial charge on any atom is -0.385 e. The Morgan fingerprint density at radius 2 is 1.72 bits per heavy atom. The Labute approximate surface area is 198 Å². The summed E-state index contributed by atoms with van der Waals surface area (Å²) in [7, 11) is 5.07. The number of hydrogen-bond acceptors (Lipinski definition) is 5. The standard InChI is InChI=1S/C19H29N3O3S.C5H12O/c1-18(2,11-19(3,4)13-23)12-20-16(24)14-7-9-15(10-8-14)26-21-17(25)22(5)6;1-3-4-5-6-2/h7-10,13H,11-12H2,1-6H3,(H,20,24)(H,21,25);3-5H2,1-2H3. The Morgan fingerprint density at radius 1 is 1.12 bits per heavy atom. The molecule has 0 radical (unpaired) electrons. The smallest absolute Gasteiger partial charge is 0.327 e. The molecule has 0 unspecified atom stereocenters. The Kier molecular flexibility index (Phi) is 13.9. The third kappa shape index (κ3) is 13.4. The molecule has 182 valence electrons.